The first-order valence-corrected chi connectivity index (χ1v) is 7.14. The minimum absolute atomic E-state index is 0.109. The fourth-order valence-corrected chi connectivity index (χ4v) is 3.89. The summed E-state index contributed by atoms with van der Waals surface area (Å²) < 4.78 is 0. The lowest BCUT2D eigenvalue weighted by atomic mass is 9.98. The molecule has 0 spiro atoms. The Kier molecular flexibility index (Phi) is 3.03. The SMILES string of the molecule is N#CC1CCC(N2C(=O)Cc3ccccc3C2=O)S1. The first-order valence-electron chi connectivity index (χ1n) is 6.20. The van der Waals surface area contributed by atoms with E-state index in [0.717, 1.165) is 12.0 Å². The van der Waals surface area contributed by atoms with Crippen LogP contribution >= 0.6 is 11.8 Å². The third-order valence-corrected chi connectivity index (χ3v) is 4.94. The molecule has 5 heteroatoms. The Hall–Kier alpha value is -1.80. The molecule has 1 aromatic carbocycles. The van der Waals surface area contributed by atoms with Crippen molar-refractivity contribution in [1.29, 1.82) is 5.26 Å². The number of hydrogen-bond acceptors (Lipinski definition) is 4. The lowest BCUT2D eigenvalue weighted by Crippen LogP contribution is -2.46. The molecule has 0 bridgehead atoms. The largest absolute Gasteiger partial charge is 0.274 e. The number of imide groups is 1. The van der Waals surface area contributed by atoms with Gasteiger partial charge >= 0.3 is 0 Å². The zero-order valence-corrected chi connectivity index (χ0v) is 11.0. The van der Waals surface area contributed by atoms with Gasteiger partial charge in [-0.05, 0) is 24.5 Å². The number of nitriles is 1. The highest BCUT2D eigenvalue weighted by atomic mass is 32.2. The van der Waals surface area contributed by atoms with Crippen LogP contribution in [-0.2, 0) is 11.2 Å². The first kappa shape index (κ1) is 12.2. The van der Waals surface area contributed by atoms with Crippen molar-refractivity contribution in [2.45, 2.75) is 29.9 Å². The molecule has 2 heterocycles. The predicted molar refractivity (Wildman–Crippen MR) is 71.3 cm³/mol. The predicted octanol–water partition coefficient (Wildman–Crippen LogP) is 1.96. The molecule has 1 saturated heterocycles. The molecule has 2 aliphatic heterocycles. The Labute approximate surface area is 115 Å². The van der Waals surface area contributed by atoms with E-state index >= 15 is 0 Å². The van der Waals surface area contributed by atoms with Crippen LogP contribution in [0.25, 0.3) is 0 Å². The fourth-order valence-electron chi connectivity index (χ4n) is 2.57. The number of carbonyl (C=O) groups is 2. The van der Waals surface area contributed by atoms with E-state index in [2.05, 4.69) is 6.07 Å². The molecule has 0 aromatic heterocycles. The average Bonchev–Trinajstić information content (AvgIpc) is 2.87. The molecule has 3 rings (SSSR count). The molecule has 96 valence electrons. The van der Waals surface area contributed by atoms with Crippen LogP contribution in [0, 0.1) is 11.3 Å². The second kappa shape index (κ2) is 4.71. The van der Waals surface area contributed by atoms with Crippen molar-refractivity contribution in [3.05, 3.63) is 35.4 Å². The highest BCUT2D eigenvalue weighted by molar-refractivity contribution is 8.01. The molecule has 0 radical (unpaired) electrons. The van der Waals surface area contributed by atoms with Crippen molar-refractivity contribution in [3.63, 3.8) is 0 Å². The molecule has 19 heavy (non-hydrogen) atoms. The van der Waals surface area contributed by atoms with Gasteiger partial charge in [-0.15, -0.1) is 11.8 Å². The van der Waals surface area contributed by atoms with E-state index in [1.807, 2.05) is 18.2 Å². The highest BCUT2D eigenvalue weighted by Crippen LogP contribution is 2.37. The minimum Gasteiger partial charge on any atom is -0.274 e. The number of nitrogens with zero attached hydrogens (tertiary/aromatic N) is 2. The molecule has 1 fully saturated rings. The molecule has 1 aromatic rings. The molecule has 0 aliphatic carbocycles. The van der Waals surface area contributed by atoms with Gasteiger partial charge in [0, 0.05) is 5.56 Å². The summed E-state index contributed by atoms with van der Waals surface area (Å²) in [6.45, 7) is 0. The standard InChI is InChI=1S/C14H12N2O2S/c15-8-10-5-6-13(19-10)16-12(17)7-9-3-1-2-4-11(9)14(16)18/h1-4,10,13H,5-7H2. The van der Waals surface area contributed by atoms with Crippen LogP contribution in [-0.4, -0.2) is 27.3 Å². The van der Waals surface area contributed by atoms with Crippen LogP contribution in [0.2, 0.25) is 0 Å². The van der Waals surface area contributed by atoms with E-state index in [9.17, 15) is 9.59 Å². The van der Waals surface area contributed by atoms with Crippen molar-refractivity contribution in [3.8, 4) is 6.07 Å². The van der Waals surface area contributed by atoms with Crippen LogP contribution in [0.3, 0.4) is 0 Å². The summed E-state index contributed by atoms with van der Waals surface area (Å²) in [7, 11) is 0. The van der Waals surface area contributed by atoms with Gasteiger partial charge in [0.05, 0.1) is 23.1 Å². The average molecular weight is 272 g/mol. The molecule has 2 unspecified atom stereocenters. The molecule has 0 saturated carbocycles. The summed E-state index contributed by atoms with van der Waals surface area (Å²) in [5, 5.41) is 8.62. The van der Waals surface area contributed by atoms with E-state index in [-0.39, 0.29) is 28.9 Å². The van der Waals surface area contributed by atoms with E-state index in [1.54, 1.807) is 6.07 Å². The third-order valence-electron chi connectivity index (χ3n) is 3.51. The van der Waals surface area contributed by atoms with Gasteiger partial charge in [0.1, 0.15) is 0 Å². The number of amides is 2. The topological polar surface area (TPSA) is 61.2 Å². The summed E-state index contributed by atoms with van der Waals surface area (Å²) in [5.74, 6) is -0.372. The maximum atomic E-state index is 12.4. The monoisotopic (exact) mass is 272 g/mol. The molecular formula is C14H12N2O2S. The van der Waals surface area contributed by atoms with E-state index in [4.69, 9.17) is 5.26 Å². The number of carbonyl (C=O) groups excluding carboxylic acids is 2. The van der Waals surface area contributed by atoms with Crippen molar-refractivity contribution in [2.75, 3.05) is 0 Å². The number of rotatable bonds is 1. The zero-order valence-electron chi connectivity index (χ0n) is 10.2. The summed E-state index contributed by atoms with van der Waals surface area (Å²) in [4.78, 5) is 25.9. The normalized spacial score (nSPS) is 26.2. The van der Waals surface area contributed by atoms with Gasteiger partial charge in [-0.1, -0.05) is 18.2 Å². The Balaban J connectivity index is 1.90. The number of benzene rings is 1. The van der Waals surface area contributed by atoms with E-state index in [1.165, 1.54) is 16.7 Å². The Bertz CT molecular complexity index is 593. The van der Waals surface area contributed by atoms with Crippen molar-refractivity contribution >= 4 is 23.6 Å². The zero-order chi connectivity index (χ0) is 13.4. The van der Waals surface area contributed by atoms with E-state index in [0.29, 0.717) is 12.0 Å². The van der Waals surface area contributed by atoms with Gasteiger partial charge in [-0.3, -0.25) is 14.5 Å². The quantitative estimate of drug-likeness (QED) is 0.733. The Morgan fingerprint density at radius 3 is 2.79 bits per heavy atom. The Morgan fingerprint density at radius 2 is 2.05 bits per heavy atom. The lowest BCUT2D eigenvalue weighted by molar-refractivity contribution is -0.128. The van der Waals surface area contributed by atoms with Crippen LogP contribution in [0.4, 0.5) is 0 Å². The third kappa shape index (κ3) is 2.02. The number of thioether (sulfide) groups is 1. The summed E-state index contributed by atoms with van der Waals surface area (Å²) in [6.07, 6.45) is 1.73. The maximum Gasteiger partial charge on any atom is 0.261 e. The molecular weight excluding hydrogens is 260 g/mol. The van der Waals surface area contributed by atoms with Crippen LogP contribution in [0.1, 0.15) is 28.8 Å². The highest BCUT2D eigenvalue weighted by Gasteiger charge is 2.39. The molecule has 2 atom stereocenters. The van der Waals surface area contributed by atoms with Crippen LogP contribution in [0.15, 0.2) is 24.3 Å². The van der Waals surface area contributed by atoms with Gasteiger partial charge in [0.15, 0.2) is 0 Å². The molecule has 0 N–H and O–H groups in total. The maximum absolute atomic E-state index is 12.4. The van der Waals surface area contributed by atoms with Crippen LogP contribution < -0.4 is 0 Å². The lowest BCUT2D eigenvalue weighted by Gasteiger charge is -2.31. The smallest absolute Gasteiger partial charge is 0.261 e. The molecule has 2 aliphatic rings. The van der Waals surface area contributed by atoms with Gasteiger partial charge in [0.25, 0.3) is 5.91 Å². The van der Waals surface area contributed by atoms with Gasteiger partial charge in [0.2, 0.25) is 5.91 Å². The van der Waals surface area contributed by atoms with Gasteiger partial charge in [-0.2, -0.15) is 5.26 Å². The second-order valence-corrected chi connectivity index (χ2v) is 6.07. The van der Waals surface area contributed by atoms with Crippen molar-refractivity contribution < 1.29 is 9.59 Å². The minimum atomic E-state index is -0.220. The number of fused-ring (bicyclic) bond motifs is 1. The summed E-state index contributed by atoms with van der Waals surface area (Å²) in [5.41, 5.74) is 1.41. The first-order chi connectivity index (χ1) is 9.20. The van der Waals surface area contributed by atoms with Crippen LogP contribution in [0.5, 0.6) is 0 Å². The van der Waals surface area contributed by atoms with Crippen molar-refractivity contribution in [1.82, 2.24) is 4.90 Å². The van der Waals surface area contributed by atoms with E-state index < -0.39 is 0 Å². The van der Waals surface area contributed by atoms with Gasteiger partial charge < -0.3 is 0 Å². The van der Waals surface area contributed by atoms with Gasteiger partial charge in [-0.25, -0.2) is 0 Å². The second-order valence-electron chi connectivity index (χ2n) is 4.69. The fraction of sp³-hybridized carbons (Fsp3) is 0.357. The summed E-state index contributed by atoms with van der Waals surface area (Å²) >= 11 is 1.42. The Morgan fingerprint density at radius 1 is 1.26 bits per heavy atom. The number of hydrogen-bond donors (Lipinski definition) is 0. The summed E-state index contributed by atoms with van der Waals surface area (Å²) in [6, 6.07) is 9.43. The molecule has 4 nitrogen and oxygen atoms in total. The van der Waals surface area contributed by atoms with Crippen molar-refractivity contribution in [2.24, 2.45) is 0 Å². The molecule has 2 amide bonds.